The number of methoxy groups -OCH3 is 1. The molecule has 25 heavy (non-hydrogen) atoms. The molecule has 0 radical (unpaired) electrons. The van der Waals surface area contributed by atoms with Crippen molar-refractivity contribution in [2.24, 2.45) is 0 Å². The van der Waals surface area contributed by atoms with E-state index in [0.717, 1.165) is 0 Å². The van der Waals surface area contributed by atoms with Gasteiger partial charge < -0.3 is 19.3 Å². The van der Waals surface area contributed by atoms with Crippen molar-refractivity contribution >= 4 is 11.6 Å². The number of nitrogens with one attached hydrogen (secondary N) is 1. The van der Waals surface area contributed by atoms with Crippen LogP contribution in [0.3, 0.4) is 0 Å². The Labute approximate surface area is 145 Å². The first-order valence-corrected chi connectivity index (χ1v) is 7.76. The molecule has 0 spiro atoms. The highest BCUT2D eigenvalue weighted by atomic mass is 16.5. The zero-order valence-corrected chi connectivity index (χ0v) is 14.0. The van der Waals surface area contributed by atoms with Gasteiger partial charge in [0.05, 0.1) is 12.7 Å². The third kappa shape index (κ3) is 3.80. The molecule has 0 saturated heterocycles. The average Bonchev–Trinajstić information content (AvgIpc) is 3.01. The van der Waals surface area contributed by atoms with Gasteiger partial charge in [0.25, 0.3) is 5.91 Å². The highest BCUT2D eigenvalue weighted by Crippen LogP contribution is 2.27. The van der Waals surface area contributed by atoms with Gasteiger partial charge in [-0.25, -0.2) is 0 Å². The predicted molar refractivity (Wildman–Crippen MR) is 93.0 cm³/mol. The number of carbonyl (C=O) groups excluding carboxylic acids is 1. The molecule has 2 aromatic carbocycles. The highest BCUT2D eigenvalue weighted by Gasteiger charge is 2.21. The molecule has 0 saturated carbocycles. The number of para-hydroxylation sites is 3. The Balaban J connectivity index is 1.76. The van der Waals surface area contributed by atoms with Crippen LogP contribution in [0, 0.1) is 6.92 Å². The lowest BCUT2D eigenvalue weighted by atomic mass is 10.2. The molecule has 0 unspecified atom stereocenters. The number of carbonyl (C=O) groups is 1. The maximum absolute atomic E-state index is 12.5. The molecule has 6 heteroatoms. The number of amides is 1. The Morgan fingerprint density at radius 1 is 1.08 bits per heavy atom. The number of hydrogen-bond donors (Lipinski definition) is 1. The Bertz CT molecular complexity index is 859. The summed E-state index contributed by atoms with van der Waals surface area (Å²) in [5, 5.41) is 6.66. The summed E-state index contributed by atoms with van der Waals surface area (Å²) < 4.78 is 16.2. The van der Waals surface area contributed by atoms with Crippen LogP contribution in [0.15, 0.2) is 59.1 Å². The molecule has 1 heterocycles. The number of hydrogen-bond acceptors (Lipinski definition) is 5. The number of aromatic nitrogens is 1. The number of nitrogens with zero attached hydrogens (tertiary/aromatic N) is 1. The summed E-state index contributed by atoms with van der Waals surface area (Å²) in [6.45, 7) is 1.89. The fraction of sp³-hybridized carbons (Fsp3) is 0.158. The summed E-state index contributed by atoms with van der Waals surface area (Å²) >= 11 is 0. The smallest absolute Gasteiger partial charge is 0.278 e. The molecule has 1 N–H and O–H groups in total. The molecule has 0 fully saturated rings. The lowest BCUT2D eigenvalue weighted by Gasteiger charge is -2.10. The van der Waals surface area contributed by atoms with Crippen LogP contribution < -0.4 is 14.8 Å². The summed E-state index contributed by atoms with van der Waals surface area (Å²) in [6, 6.07) is 16.5. The molecule has 0 bridgehead atoms. The van der Waals surface area contributed by atoms with Crippen LogP contribution in [-0.2, 0) is 6.61 Å². The molecule has 128 valence electrons. The molecule has 0 aliphatic rings. The van der Waals surface area contributed by atoms with E-state index in [1.54, 1.807) is 38.3 Å². The summed E-state index contributed by atoms with van der Waals surface area (Å²) in [6.07, 6.45) is 0. The van der Waals surface area contributed by atoms with Gasteiger partial charge in [-0.05, 0) is 31.2 Å². The van der Waals surface area contributed by atoms with Crippen molar-refractivity contribution in [2.45, 2.75) is 13.5 Å². The van der Waals surface area contributed by atoms with E-state index in [1.807, 2.05) is 30.3 Å². The average molecular weight is 338 g/mol. The molecule has 3 rings (SSSR count). The minimum absolute atomic E-state index is 0.146. The molecule has 1 amide bonds. The number of anilines is 1. The Hall–Kier alpha value is -3.28. The van der Waals surface area contributed by atoms with Gasteiger partial charge in [0, 0.05) is 5.69 Å². The lowest BCUT2D eigenvalue weighted by Crippen LogP contribution is -2.15. The molecule has 0 aliphatic heterocycles. The second kappa shape index (κ2) is 7.53. The summed E-state index contributed by atoms with van der Waals surface area (Å²) in [7, 11) is 1.57. The molecule has 3 aromatic rings. The van der Waals surface area contributed by atoms with Gasteiger partial charge in [0.1, 0.15) is 12.4 Å². The minimum atomic E-state index is -0.346. The zero-order valence-electron chi connectivity index (χ0n) is 14.0. The number of ether oxygens (including phenoxy) is 2. The van der Waals surface area contributed by atoms with E-state index in [-0.39, 0.29) is 18.2 Å². The van der Waals surface area contributed by atoms with E-state index in [0.29, 0.717) is 28.5 Å². The van der Waals surface area contributed by atoms with Crippen molar-refractivity contribution in [2.75, 3.05) is 12.4 Å². The summed E-state index contributed by atoms with van der Waals surface area (Å²) in [5.74, 6) is 1.39. The Morgan fingerprint density at radius 3 is 2.48 bits per heavy atom. The largest absolute Gasteiger partial charge is 0.493 e. The van der Waals surface area contributed by atoms with E-state index in [4.69, 9.17) is 14.0 Å². The number of aryl methyl sites for hydroxylation is 1. The van der Waals surface area contributed by atoms with Gasteiger partial charge in [-0.3, -0.25) is 4.79 Å². The van der Waals surface area contributed by atoms with E-state index in [1.165, 1.54) is 0 Å². The van der Waals surface area contributed by atoms with E-state index in [9.17, 15) is 4.79 Å². The van der Waals surface area contributed by atoms with Crippen LogP contribution in [0.2, 0.25) is 0 Å². The van der Waals surface area contributed by atoms with Crippen LogP contribution in [0.5, 0.6) is 11.5 Å². The van der Waals surface area contributed by atoms with Crippen LogP contribution in [-0.4, -0.2) is 18.2 Å². The SMILES string of the molecule is COc1ccccc1OCc1c(C(=O)Nc2ccccc2)noc1C. The second-order valence-electron chi connectivity index (χ2n) is 5.33. The summed E-state index contributed by atoms with van der Waals surface area (Å²) in [5.41, 5.74) is 1.49. The van der Waals surface area contributed by atoms with Gasteiger partial charge >= 0.3 is 0 Å². The van der Waals surface area contributed by atoms with Crippen LogP contribution in [0.25, 0.3) is 0 Å². The highest BCUT2D eigenvalue weighted by molar-refractivity contribution is 6.03. The third-order valence-electron chi connectivity index (χ3n) is 3.67. The fourth-order valence-electron chi connectivity index (χ4n) is 2.34. The van der Waals surface area contributed by atoms with Crippen molar-refractivity contribution in [1.29, 1.82) is 0 Å². The zero-order chi connectivity index (χ0) is 17.6. The van der Waals surface area contributed by atoms with Gasteiger partial charge in [-0.15, -0.1) is 0 Å². The maximum Gasteiger partial charge on any atom is 0.278 e. The monoisotopic (exact) mass is 338 g/mol. The van der Waals surface area contributed by atoms with Crippen LogP contribution in [0.4, 0.5) is 5.69 Å². The fourth-order valence-corrected chi connectivity index (χ4v) is 2.34. The topological polar surface area (TPSA) is 73.6 Å². The standard InChI is InChI=1S/C19H18N2O4/c1-13-15(12-24-17-11-7-6-10-16(17)23-2)18(21-25-13)19(22)20-14-8-4-3-5-9-14/h3-11H,12H2,1-2H3,(H,20,22). The van der Waals surface area contributed by atoms with Crippen LogP contribution >= 0.6 is 0 Å². The Morgan fingerprint density at radius 2 is 1.76 bits per heavy atom. The number of rotatable bonds is 6. The van der Waals surface area contributed by atoms with Gasteiger partial charge in [0.2, 0.25) is 0 Å². The van der Waals surface area contributed by atoms with Crippen molar-refractivity contribution < 1.29 is 18.8 Å². The molecule has 1 aromatic heterocycles. The molecule has 0 aliphatic carbocycles. The third-order valence-corrected chi connectivity index (χ3v) is 3.67. The quantitative estimate of drug-likeness (QED) is 0.739. The predicted octanol–water partition coefficient (Wildman–Crippen LogP) is 3.82. The van der Waals surface area contributed by atoms with Crippen molar-refractivity contribution in [3.8, 4) is 11.5 Å². The van der Waals surface area contributed by atoms with E-state index in [2.05, 4.69) is 10.5 Å². The van der Waals surface area contributed by atoms with Crippen molar-refractivity contribution in [3.63, 3.8) is 0 Å². The van der Waals surface area contributed by atoms with Gasteiger partial charge in [0.15, 0.2) is 17.2 Å². The molecular formula is C19H18N2O4. The summed E-state index contributed by atoms with van der Waals surface area (Å²) in [4.78, 5) is 12.5. The first-order chi connectivity index (χ1) is 12.2. The van der Waals surface area contributed by atoms with E-state index >= 15 is 0 Å². The molecule has 0 atom stereocenters. The second-order valence-corrected chi connectivity index (χ2v) is 5.33. The lowest BCUT2D eigenvalue weighted by molar-refractivity contribution is 0.101. The normalized spacial score (nSPS) is 10.3. The first kappa shape index (κ1) is 16.6. The van der Waals surface area contributed by atoms with Crippen molar-refractivity contribution in [1.82, 2.24) is 5.16 Å². The van der Waals surface area contributed by atoms with Crippen LogP contribution in [0.1, 0.15) is 21.8 Å². The molecule has 6 nitrogen and oxygen atoms in total. The van der Waals surface area contributed by atoms with E-state index < -0.39 is 0 Å². The van der Waals surface area contributed by atoms with Gasteiger partial charge in [-0.2, -0.15) is 0 Å². The first-order valence-electron chi connectivity index (χ1n) is 7.76. The van der Waals surface area contributed by atoms with Crippen molar-refractivity contribution in [3.05, 3.63) is 71.6 Å². The van der Waals surface area contributed by atoms with Gasteiger partial charge in [-0.1, -0.05) is 35.5 Å². The number of benzene rings is 2. The maximum atomic E-state index is 12.5. The molecular weight excluding hydrogens is 320 g/mol. The Kier molecular flexibility index (Phi) is 4.99. The minimum Gasteiger partial charge on any atom is -0.493 e.